The van der Waals surface area contributed by atoms with Gasteiger partial charge in [-0.05, 0) is 79.5 Å². The van der Waals surface area contributed by atoms with Crippen LogP contribution in [0.15, 0.2) is 42.7 Å². The number of carbonyl (C=O) groups is 6. The molecule has 16 nitrogen and oxygen atoms in total. The van der Waals surface area contributed by atoms with E-state index in [0.717, 1.165) is 53.8 Å². The van der Waals surface area contributed by atoms with E-state index in [1.54, 1.807) is 36.3 Å². The molecular weight excluding hydrogens is 817 g/mol. The highest BCUT2D eigenvalue weighted by atomic mass is 19.3. The number of piperidine rings is 1. The molecule has 18 heteroatoms. The lowest BCUT2D eigenvalue weighted by atomic mass is 9.77. The summed E-state index contributed by atoms with van der Waals surface area (Å²) in [6, 6.07) is 8.22. The van der Waals surface area contributed by atoms with Crippen LogP contribution in [0.4, 0.5) is 19.3 Å². The Morgan fingerprint density at radius 2 is 1.76 bits per heavy atom. The van der Waals surface area contributed by atoms with Gasteiger partial charge in [0, 0.05) is 104 Å². The molecule has 2 aromatic carbocycles. The second kappa shape index (κ2) is 17.5. The van der Waals surface area contributed by atoms with E-state index in [9.17, 15) is 28.8 Å². The number of carbonyl (C=O) groups excluding carboxylic acids is 6. The number of rotatable bonds is 11. The number of fused-ring (bicyclic) bond motifs is 3. The van der Waals surface area contributed by atoms with Gasteiger partial charge in [-0.15, -0.1) is 0 Å². The van der Waals surface area contributed by atoms with Crippen molar-refractivity contribution in [2.24, 2.45) is 11.8 Å². The third-order valence-corrected chi connectivity index (χ3v) is 13.2. The van der Waals surface area contributed by atoms with Gasteiger partial charge in [-0.3, -0.25) is 38.7 Å². The Labute approximate surface area is 361 Å². The molecule has 5 amide bonds. The Balaban J connectivity index is 0.860. The summed E-state index contributed by atoms with van der Waals surface area (Å²) in [7, 11) is 1.61. The Morgan fingerprint density at radius 1 is 0.952 bits per heavy atom. The highest BCUT2D eigenvalue weighted by Gasteiger charge is 2.47. The van der Waals surface area contributed by atoms with Crippen LogP contribution in [0.2, 0.25) is 0 Å². The van der Waals surface area contributed by atoms with Gasteiger partial charge in [0.15, 0.2) is 11.6 Å². The molecule has 9 rings (SSSR count). The minimum absolute atomic E-state index is 0.0656. The van der Waals surface area contributed by atoms with Crippen LogP contribution in [0, 0.1) is 11.8 Å². The fourth-order valence-electron chi connectivity index (χ4n) is 10.0. The van der Waals surface area contributed by atoms with Crippen molar-refractivity contribution in [3.05, 3.63) is 87.5 Å². The zero-order valence-electron chi connectivity index (χ0n) is 34.9. The quantitative estimate of drug-likeness (QED) is 0.0948. The van der Waals surface area contributed by atoms with E-state index in [0.29, 0.717) is 56.0 Å². The molecule has 0 saturated carbocycles. The van der Waals surface area contributed by atoms with Crippen molar-refractivity contribution in [3.8, 4) is 11.1 Å². The number of urea groups is 1. The molecule has 3 aliphatic heterocycles. The van der Waals surface area contributed by atoms with E-state index >= 15 is 8.78 Å². The van der Waals surface area contributed by atoms with Gasteiger partial charge in [0.05, 0.1) is 36.3 Å². The molecule has 0 spiro atoms. The summed E-state index contributed by atoms with van der Waals surface area (Å²) >= 11 is 0. The molecule has 5 aliphatic rings. The Bertz CT molecular complexity index is 2510. The summed E-state index contributed by atoms with van der Waals surface area (Å²) in [5.74, 6) is -4.55. The maximum Gasteiger partial charge on any atom is 0.317 e. The third kappa shape index (κ3) is 8.11. The number of aryl methyl sites for hydroxylation is 1. The van der Waals surface area contributed by atoms with Crippen LogP contribution < -0.4 is 21.3 Å². The number of anilines is 1. The molecule has 3 atom stereocenters. The Morgan fingerprint density at radius 3 is 2.54 bits per heavy atom. The van der Waals surface area contributed by atoms with Gasteiger partial charge in [-0.2, -0.15) is 10.2 Å². The van der Waals surface area contributed by atoms with Gasteiger partial charge < -0.3 is 25.6 Å². The third-order valence-electron chi connectivity index (χ3n) is 13.2. The molecule has 2 fully saturated rings. The normalized spacial score (nSPS) is 21.2. The fraction of sp³-hybridized carbons (Fsp3) is 0.467. The molecule has 0 radical (unpaired) electrons. The van der Waals surface area contributed by atoms with Gasteiger partial charge >= 0.3 is 6.03 Å². The van der Waals surface area contributed by atoms with Crippen LogP contribution >= 0.6 is 0 Å². The largest absolute Gasteiger partial charge is 0.383 e. The number of benzene rings is 2. The zero-order chi connectivity index (χ0) is 43.9. The van der Waals surface area contributed by atoms with Crippen molar-refractivity contribution >= 4 is 41.0 Å². The minimum atomic E-state index is -2.78. The number of ether oxygens (including phenoxy) is 1. The number of alkyl halides is 2. The lowest BCUT2D eigenvalue weighted by Gasteiger charge is -2.31. The monoisotopic (exact) mass is 865 g/mol. The van der Waals surface area contributed by atoms with Crippen molar-refractivity contribution in [1.29, 1.82) is 0 Å². The van der Waals surface area contributed by atoms with E-state index in [4.69, 9.17) is 9.84 Å². The number of ketones is 2. The number of nitrogens with one attached hydrogen (secondary N) is 4. The van der Waals surface area contributed by atoms with Crippen molar-refractivity contribution in [2.75, 3.05) is 45.2 Å². The van der Waals surface area contributed by atoms with Crippen LogP contribution in [0.5, 0.6) is 0 Å². The van der Waals surface area contributed by atoms with Crippen LogP contribution in [0.3, 0.4) is 0 Å². The molecular formula is C45H49F2N9O7. The van der Waals surface area contributed by atoms with E-state index in [-0.39, 0.29) is 73.1 Å². The molecule has 2 aromatic heterocycles. The number of imide groups is 1. The number of hydrogen-bond acceptors (Lipinski definition) is 10. The number of Topliss-reactive ketones (excluding diaryl/α,β-unsaturated/α-hetero) is 2. The first-order valence-corrected chi connectivity index (χ1v) is 21.7. The minimum Gasteiger partial charge on any atom is -0.383 e. The second-order valence-electron chi connectivity index (χ2n) is 16.9. The summed E-state index contributed by atoms with van der Waals surface area (Å²) in [5.41, 5.74) is 6.46. The number of amides is 5. The fourth-order valence-corrected chi connectivity index (χ4v) is 10.0. The first-order valence-electron chi connectivity index (χ1n) is 21.7. The van der Waals surface area contributed by atoms with Crippen LogP contribution in [0.25, 0.3) is 11.1 Å². The number of halogens is 2. The molecule has 0 bridgehead atoms. The maximum atomic E-state index is 15.0. The topological polar surface area (TPSA) is 199 Å². The number of nitrogens with zero attached hydrogens (tertiary/aromatic N) is 5. The molecule has 4 aromatic rings. The summed E-state index contributed by atoms with van der Waals surface area (Å²) in [4.78, 5) is 77.8. The maximum absolute atomic E-state index is 15.0. The molecule has 3 unspecified atom stereocenters. The van der Waals surface area contributed by atoms with E-state index in [1.165, 1.54) is 16.9 Å². The van der Waals surface area contributed by atoms with Crippen LogP contribution in [-0.4, -0.2) is 99.7 Å². The molecule has 2 saturated heterocycles. The van der Waals surface area contributed by atoms with Crippen molar-refractivity contribution < 1.29 is 42.3 Å². The van der Waals surface area contributed by atoms with Crippen molar-refractivity contribution in [2.45, 2.75) is 82.8 Å². The first kappa shape index (κ1) is 42.0. The standard InChI is InChI=1S/C45H49F2N9O7/c1-48-45(62)54-14-9-36-35(22-54)40(53-56(36)27-10-15-63-16-11-27)28-4-2-3-24-17-31(34(43(46)47)19-32(24)28)25-20-51-55(21-25)23-38(58)50-13-12-49-26-5-6-29-33(18-26)42(60)39(41(29)59)30-7-8-37(57)52-44(30)61/h5-6,17-21,27-28,30,39,43,49H,2-4,7-16,22-23H2,1H3,(H,48,62)(H,50,58)(H,52,57,61). The summed E-state index contributed by atoms with van der Waals surface area (Å²) in [6.45, 7) is 2.61. The van der Waals surface area contributed by atoms with E-state index in [2.05, 4.69) is 31.0 Å². The van der Waals surface area contributed by atoms with Gasteiger partial charge in [-0.25, -0.2) is 13.6 Å². The molecule has 4 N–H and O–H groups in total. The average Bonchev–Trinajstić information content (AvgIpc) is 3.98. The molecule has 330 valence electrons. The van der Waals surface area contributed by atoms with Gasteiger partial charge in [0.2, 0.25) is 17.7 Å². The van der Waals surface area contributed by atoms with E-state index in [1.807, 2.05) is 6.07 Å². The SMILES string of the molecule is CNC(=O)N1CCc2c(c(C3CCCc4cc(-c5cnn(CC(=O)NCCNc6ccc7c(c6)C(=O)C(C6CCC(=O)NC6=O)C7=O)c5)c(C(F)F)cc43)nn2C2CCOCC2)C1. The van der Waals surface area contributed by atoms with Crippen molar-refractivity contribution in [1.82, 2.24) is 40.4 Å². The summed E-state index contributed by atoms with van der Waals surface area (Å²) in [6.07, 6.45) is 5.13. The molecule has 2 aliphatic carbocycles. The molecule has 5 heterocycles. The predicted molar refractivity (Wildman–Crippen MR) is 223 cm³/mol. The highest BCUT2D eigenvalue weighted by Crippen LogP contribution is 2.45. The van der Waals surface area contributed by atoms with Gasteiger partial charge in [0.25, 0.3) is 6.43 Å². The lowest BCUT2D eigenvalue weighted by molar-refractivity contribution is -0.137. The van der Waals surface area contributed by atoms with Crippen LogP contribution in [0.1, 0.15) is 111 Å². The lowest BCUT2D eigenvalue weighted by Crippen LogP contribution is -2.46. The first-order chi connectivity index (χ1) is 30.5. The summed E-state index contributed by atoms with van der Waals surface area (Å²) < 4.78 is 39.2. The zero-order valence-corrected chi connectivity index (χ0v) is 34.9. The van der Waals surface area contributed by atoms with Gasteiger partial charge in [-0.1, -0.05) is 6.07 Å². The van der Waals surface area contributed by atoms with Crippen molar-refractivity contribution in [3.63, 3.8) is 0 Å². The Kier molecular flexibility index (Phi) is 11.6. The van der Waals surface area contributed by atoms with E-state index < -0.39 is 41.6 Å². The number of aromatic nitrogens is 4. The van der Waals surface area contributed by atoms with Crippen LogP contribution in [-0.2, 0) is 45.1 Å². The number of hydrogen-bond donors (Lipinski definition) is 4. The predicted octanol–water partition coefficient (Wildman–Crippen LogP) is 4.48. The second-order valence-corrected chi connectivity index (χ2v) is 16.9. The molecule has 63 heavy (non-hydrogen) atoms. The summed E-state index contributed by atoms with van der Waals surface area (Å²) in [5, 5.41) is 20.5. The Hall–Kier alpha value is -6.30. The van der Waals surface area contributed by atoms with Gasteiger partial charge in [0.1, 0.15) is 6.54 Å². The highest BCUT2D eigenvalue weighted by molar-refractivity contribution is 6.28. The smallest absolute Gasteiger partial charge is 0.317 e. The average molecular weight is 866 g/mol.